The number of hydrogen-bond acceptors (Lipinski definition) is 3. The number of hydrogen-bond donors (Lipinski definition) is 2. The fourth-order valence-electron chi connectivity index (χ4n) is 2.51. The SMILES string of the molecule is O=C(Nc1cccc2c1C(=O)CC2O)c1ccc(Cl)cc1Cl. The Hall–Kier alpha value is -1.88. The molecule has 0 saturated heterocycles. The number of nitrogens with one attached hydrogen (secondary N) is 1. The summed E-state index contributed by atoms with van der Waals surface area (Å²) < 4.78 is 0. The quantitative estimate of drug-likeness (QED) is 0.875. The Kier molecular flexibility index (Phi) is 3.91. The molecule has 2 N–H and O–H groups in total. The lowest BCUT2D eigenvalue weighted by Gasteiger charge is -2.11. The van der Waals surface area contributed by atoms with Gasteiger partial charge in [-0.1, -0.05) is 35.3 Å². The maximum atomic E-state index is 12.3. The van der Waals surface area contributed by atoms with Crippen LogP contribution in [0.1, 0.15) is 38.8 Å². The monoisotopic (exact) mass is 335 g/mol. The van der Waals surface area contributed by atoms with Crippen molar-refractivity contribution in [3.8, 4) is 0 Å². The van der Waals surface area contributed by atoms with E-state index in [-0.39, 0.29) is 22.8 Å². The Morgan fingerprint density at radius 1 is 1.23 bits per heavy atom. The Labute approximate surface area is 136 Å². The second-order valence-corrected chi connectivity index (χ2v) is 5.83. The highest BCUT2D eigenvalue weighted by Crippen LogP contribution is 2.35. The molecule has 6 heteroatoms. The predicted octanol–water partition coefficient (Wildman–Crippen LogP) is 3.87. The van der Waals surface area contributed by atoms with Gasteiger partial charge in [0.15, 0.2) is 5.78 Å². The summed E-state index contributed by atoms with van der Waals surface area (Å²) in [6, 6.07) is 9.53. The van der Waals surface area contributed by atoms with Crippen LogP contribution in [0.2, 0.25) is 10.0 Å². The molecule has 22 heavy (non-hydrogen) atoms. The number of aliphatic hydroxyl groups is 1. The van der Waals surface area contributed by atoms with Crippen LogP contribution in [0.15, 0.2) is 36.4 Å². The number of aliphatic hydroxyl groups excluding tert-OH is 1. The summed E-state index contributed by atoms with van der Waals surface area (Å²) in [7, 11) is 0. The number of benzene rings is 2. The summed E-state index contributed by atoms with van der Waals surface area (Å²) in [5.74, 6) is -0.634. The summed E-state index contributed by atoms with van der Waals surface area (Å²) in [6.45, 7) is 0. The van der Waals surface area contributed by atoms with Gasteiger partial charge in [-0.3, -0.25) is 9.59 Å². The van der Waals surface area contributed by atoms with Gasteiger partial charge in [-0.2, -0.15) is 0 Å². The highest BCUT2D eigenvalue weighted by Gasteiger charge is 2.30. The number of carbonyl (C=O) groups is 2. The van der Waals surface area contributed by atoms with E-state index in [0.717, 1.165) is 0 Å². The lowest BCUT2D eigenvalue weighted by atomic mass is 10.1. The Morgan fingerprint density at radius 2 is 2.00 bits per heavy atom. The summed E-state index contributed by atoms with van der Waals surface area (Å²) in [5, 5.41) is 13.2. The van der Waals surface area contributed by atoms with Crippen LogP contribution in [0.25, 0.3) is 0 Å². The molecule has 0 fully saturated rings. The highest BCUT2D eigenvalue weighted by molar-refractivity contribution is 6.37. The Bertz CT molecular complexity index is 789. The number of carbonyl (C=O) groups excluding carboxylic acids is 2. The first-order valence-corrected chi connectivity index (χ1v) is 7.33. The normalized spacial score (nSPS) is 16.5. The number of halogens is 2. The Balaban J connectivity index is 1.94. The van der Waals surface area contributed by atoms with Gasteiger partial charge in [-0.25, -0.2) is 0 Å². The maximum absolute atomic E-state index is 12.3. The number of Topliss-reactive ketones (excluding diaryl/α,β-unsaturated/α-hetero) is 1. The molecule has 0 heterocycles. The van der Waals surface area contributed by atoms with Crippen LogP contribution in [0.5, 0.6) is 0 Å². The van der Waals surface area contributed by atoms with E-state index in [9.17, 15) is 14.7 Å². The molecule has 0 saturated carbocycles. The summed E-state index contributed by atoms with van der Waals surface area (Å²) in [4.78, 5) is 24.3. The number of fused-ring (bicyclic) bond motifs is 1. The molecule has 1 atom stereocenters. The molecule has 1 aliphatic carbocycles. The van der Waals surface area contributed by atoms with Crippen molar-refractivity contribution < 1.29 is 14.7 Å². The van der Waals surface area contributed by atoms with Crippen LogP contribution in [0, 0.1) is 0 Å². The minimum absolute atomic E-state index is 0.0317. The number of anilines is 1. The zero-order valence-corrected chi connectivity index (χ0v) is 12.8. The van der Waals surface area contributed by atoms with Crippen molar-refractivity contribution in [2.75, 3.05) is 5.32 Å². The summed E-state index contributed by atoms with van der Waals surface area (Å²) in [6.07, 6.45) is -0.789. The van der Waals surface area contributed by atoms with Crippen molar-refractivity contribution in [2.45, 2.75) is 12.5 Å². The van der Waals surface area contributed by atoms with Crippen LogP contribution in [0.3, 0.4) is 0 Å². The highest BCUT2D eigenvalue weighted by atomic mass is 35.5. The van der Waals surface area contributed by atoms with Gasteiger partial charge >= 0.3 is 0 Å². The standard InChI is InChI=1S/C16H11Cl2NO3/c17-8-4-5-9(11(18)6-8)16(22)19-12-3-1-2-10-13(20)7-14(21)15(10)12/h1-6,13,20H,7H2,(H,19,22). The van der Waals surface area contributed by atoms with Crippen molar-refractivity contribution in [3.05, 3.63) is 63.1 Å². The van der Waals surface area contributed by atoms with Gasteiger partial charge in [0, 0.05) is 17.0 Å². The van der Waals surface area contributed by atoms with Gasteiger partial charge < -0.3 is 10.4 Å². The maximum Gasteiger partial charge on any atom is 0.257 e. The molecule has 4 nitrogen and oxygen atoms in total. The zero-order valence-electron chi connectivity index (χ0n) is 11.3. The van der Waals surface area contributed by atoms with Crippen molar-refractivity contribution in [1.82, 2.24) is 0 Å². The fourth-order valence-corrected chi connectivity index (χ4v) is 3.01. The molecular formula is C16H11Cl2NO3. The van der Waals surface area contributed by atoms with Gasteiger partial charge in [-0.15, -0.1) is 0 Å². The molecule has 2 aromatic rings. The van der Waals surface area contributed by atoms with Crippen LogP contribution in [-0.4, -0.2) is 16.8 Å². The minimum atomic E-state index is -0.821. The molecule has 0 radical (unpaired) electrons. The lowest BCUT2D eigenvalue weighted by Crippen LogP contribution is -2.14. The average molecular weight is 336 g/mol. The number of rotatable bonds is 2. The molecule has 0 aromatic heterocycles. The molecule has 0 spiro atoms. The van der Waals surface area contributed by atoms with E-state index in [0.29, 0.717) is 21.8 Å². The van der Waals surface area contributed by atoms with Gasteiger partial charge in [-0.05, 0) is 29.8 Å². The van der Waals surface area contributed by atoms with Gasteiger partial charge in [0.05, 0.1) is 22.4 Å². The zero-order chi connectivity index (χ0) is 15.9. The van der Waals surface area contributed by atoms with E-state index in [1.807, 2.05) is 0 Å². The second kappa shape index (κ2) is 5.72. The largest absolute Gasteiger partial charge is 0.388 e. The van der Waals surface area contributed by atoms with Gasteiger partial charge in [0.1, 0.15) is 0 Å². The van der Waals surface area contributed by atoms with Crippen LogP contribution in [0.4, 0.5) is 5.69 Å². The molecule has 0 aliphatic heterocycles. The molecule has 0 bridgehead atoms. The van der Waals surface area contributed by atoms with Gasteiger partial charge in [0.2, 0.25) is 0 Å². The van der Waals surface area contributed by atoms with Crippen molar-refractivity contribution in [2.24, 2.45) is 0 Å². The summed E-state index contributed by atoms with van der Waals surface area (Å²) in [5.41, 5.74) is 1.52. The molecule has 1 aliphatic rings. The van der Waals surface area contributed by atoms with Crippen LogP contribution in [-0.2, 0) is 0 Å². The minimum Gasteiger partial charge on any atom is -0.388 e. The average Bonchev–Trinajstić information content (AvgIpc) is 2.75. The molecule has 112 valence electrons. The third-order valence-electron chi connectivity index (χ3n) is 3.54. The third kappa shape index (κ3) is 2.61. The Morgan fingerprint density at radius 3 is 2.73 bits per heavy atom. The molecular weight excluding hydrogens is 325 g/mol. The third-order valence-corrected chi connectivity index (χ3v) is 4.09. The van der Waals surface area contributed by atoms with E-state index >= 15 is 0 Å². The van der Waals surface area contributed by atoms with Crippen molar-refractivity contribution >= 4 is 40.6 Å². The first-order valence-electron chi connectivity index (χ1n) is 6.58. The van der Waals surface area contributed by atoms with Gasteiger partial charge in [0.25, 0.3) is 5.91 Å². The van der Waals surface area contributed by atoms with Crippen molar-refractivity contribution in [3.63, 3.8) is 0 Å². The molecule has 1 unspecified atom stereocenters. The molecule has 1 amide bonds. The predicted molar refractivity (Wildman–Crippen MR) is 84.8 cm³/mol. The van der Waals surface area contributed by atoms with Crippen molar-refractivity contribution in [1.29, 1.82) is 0 Å². The molecule has 3 rings (SSSR count). The fraction of sp³-hybridized carbons (Fsp3) is 0.125. The van der Waals surface area contributed by atoms with Crippen LogP contribution < -0.4 is 5.32 Å². The summed E-state index contributed by atoms with van der Waals surface area (Å²) >= 11 is 11.8. The first-order chi connectivity index (χ1) is 10.5. The van der Waals surface area contributed by atoms with E-state index in [1.54, 1.807) is 24.3 Å². The second-order valence-electron chi connectivity index (χ2n) is 4.99. The number of amides is 1. The van der Waals surface area contributed by atoms with E-state index in [1.165, 1.54) is 12.1 Å². The van der Waals surface area contributed by atoms with E-state index in [4.69, 9.17) is 23.2 Å². The smallest absolute Gasteiger partial charge is 0.257 e. The topological polar surface area (TPSA) is 66.4 Å². The first kappa shape index (κ1) is 15.0. The van der Waals surface area contributed by atoms with Crippen LogP contribution >= 0.6 is 23.2 Å². The lowest BCUT2D eigenvalue weighted by molar-refractivity contribution is 0.0930. The molecule has 2 aromatic carbocycles. The van der Waals surface area contributed by atoms with E-state index < -0.39 is 12.0 Å². The number of ketones is 1. The van der Waals surface area contributed by atoms with E-state index in [2.05, 4.69) is 5.32 Å².